The van der Waals surface area contributed by atoms with E-state index in [9.17, 15) is 4.79 Å². The maximum atomic E-state index is 10.4. The number of nitrogens with one attached hydrogen (secondary N) is 2. The molecule has 0 amide bonds. The number of aryl methyl sites for hydroxylation is 1. The van der Waals surface area contributed by atoms with Gasteiger partial charge >= 0.3 is 5.97 Å². The molecular weight excluding hydrogens is 447 g/mol. The molecule has 0 aliphatic rings. The Labute approximate surface area is 189 Å². The monoisotopic (exact) mass is 470 g/mol. The quantitative estimate of drug-likeness (QED) is 0.275. The second-order valence-corrected chi connectivity index (χ2v) is 7.47. The standard InChI is InChI=1S/C14H19Cl2NO2.C5H5N5S/c15-8-10-17(11-9-16)13-6-4-12(5-7-13)2-1-3-14(18)19;6-5-9-3-2(4(11)10-5)7-1-8-3/h4-7H,1-3,8-11H2,(H,18,19);1H,(H4,6,7,8,9,10,11). The van der Waals surface area contributed by atoms with E-state index >= 15 is 0 Å². The normalized spacial score (nSPS) is 10.5. The van der Waals surface area contributed by atoms with Crippen LogP contribution in [0.2, 0.25) is 0 Å². The number of carboxylic acid groups (broad SMARTS) is 1. The van der Waals surface area contributed by atoms with Crippen molar-refractivity contribution in [2.24, 2.45) is 0 Å². The van der Waals surface area contributed by atoms with Crippen LogP contribution in [-0.4, -0.2) is 55.9 Å². The van der Waals surface area contributed by atoms with Gasteiger partial charge in [0.1, 0.15) is 5.52 Å². The SMILES string of the molecule is Nc1nc(=S)c2[nH]cnc2[nH]1.O=C(O)CCCc1ccc(N(CCCl)CCCl)cc1. The topological polar surface area (TPSA) is 124 Å². The number of aromatic amines is 2. The van der Waals surface area contributed by atoms with Crippen LogP contribution in [0.1, 0.15) is 18.4 Å². The summed E-state index contributed by atoms with van der Waals surface area (Å²) in [6.07, 6.45) is 3.21. The molecule has 5 N–H and O–H groups in total. The van der Waals surface area contributed by atoms with E-state index in [2.05, 4.69) is 24.8 Å². The zero-order valence-electron chi connectivity index (χ0n) is 16.3. The number of aliphatic carboxylic acids is 1. The van der Waals surface area contributed by atoms with Gasteiger partial charge in [-0.2, -0.15) is 0 Å². The van der Waals surface area contributed by atoms with Crippen LogP contribution in [0.15, 0.2) is 30.6 Å². The summed E-state index contributed by atoms with van der Waals surface area (Å²) in [6, 6.07) is 8.14. The van der Waals surface area contributed by atoms with Crippen LogP contribution in [0.5, 0.6) is 0 Å². The molecular formula is C19H24Cl2N6O2S. The number of alkyl halides is 2. The van der Waals surface area contributed by atoms with Crippen molar-refractivity contribution in [3.05, 3.63) is 40.8 Å². The summed E-state index contributed by atoms with van der Waals surface area (Å²) >= 11 is 16.5. The van der Waals surface area contributed by atoms with Crippen molar-refractivity contribution in [3.63, 3.8) is 0 Å². The number of hydrogen-bond donors (Lipinski definition) is 4. The number of anilines is 2. The molecule has 11 heteroatoms. The fourth-order valence-electron chi connectivity index (χ4n) is 2.76. The number of aromatic nitrogens is 4. The predicted molar refractivity (Wildman–Crippen MR) is 124 cm³/mol. The molecule has 2 heterocycles. The lowest BCUT2D eigenvalue weighted by Gasteiger charge is -2.23. The summed E-state index contributed by atoms with van der Waals surface area (Å²) in [6.45, 7) is 1.54. The van der Waals surface area contributed by atoms with Crippen LogP contribution in [0.3, 0.4) is 0 Å². The maximum Gasteiger partial charge on any atom is 0.303 e. The van der Waals surface area contributed by atoms with Gasteiger partial charge in [0, 0.05) is 37.0 Å². The lowest BCUT2D eigenvalue weighted by Crippen LogP contribution is -2.27. The first-order valence-corrected chi connectivity index (χ1v) is 10.8. The molecule has 3 rings (SSSR count). The summed E-state index contributed by atoms with van der Waals surface area (Å²) < 4.78 is 0.439. The van der Waals surface area contributed by atoms with E-state index in [4.69, 9.17) is 46.3 Å². The zero-order chi connectivity index (χ0) is 21.9. The van der Waals surface area contributed by atoms with Crippen LogP contribution in [-0.2, 0) is 11.2 Å². The maximum absolute atomic E-state index is 10.4. The second kappa shape index (κ2) is 12.4. The molecule has 0 aliphatic carbocycles. The number of imidazole rings is 1. The van der Waals surface area contributed by atoms with Crippen molar-refractivity contribution in [1.29, 1.82) is 0 Å². The Morgan fingerprint density at radius 2 is 1.87 bits per heavy atom. The fourth-order valence-corrected chi connectivity index (χ4v) is 3.42. The van der Waals surface area contributed by atoms with Crippen molar-refractivity contribution in [2.75, 3.05) is 35.5 Å². The molecule has 2 aromatic heterocycles. The number of benzene rings is 1. The minimum absolute atomic E-state index is 0.215. The minimum atomic E-state index is -0.743. The lowest BCUT2D eigenvalue weighted by molar-refractivity contribution is -0.137. The average Bonchev–Trinajstić information content (AvgIpc) is 3.17. The van der Waals surface area contributed by atoms with E-state index in [1.807, 2.05) is 24.3 Å². The van der Waals surface area contributed by atoms with Gasteiger partial charge < -0.3 is 25.7 Å². The number of hydrogen-bond acceptors (Lipinski definition) is 6. The van der Waals surface area contributed by atoms with Crippen LogP contribution < -0.4 is 10.6 Å². The second-order valence-electron chi connectivity index (χ2n) is 6.33. The predicted octanol–water partition coefficient (Wildman–Crippen LogP) is 3.98. The van der Waals surface area contributed by atoms with Gasteiger partial charge in [0.2, 0.25) is 5.95 Å². The first kappa shape index (κ1) is 23.9. The summed E-state index contributed by atoms with van der Waals surface area (Å²) in [5.74, 6) is 0.677. The Kier molecular flexibility index (Phi) is 9.85. The van der Waals surface area contributed by atoms with Crippen LogP contribution >= 0.6 is 35.4 Å². The first-order valence-electron chi connectivity index (χ1n) is 9.31. The third-order valence-corrected chi connectivity index (χ3v) is 4.82. The van der Waals surface area contributed by atoms with E-state index in [0.717, 1.165) is 30.8 Å². The summed E-state index contributed by atoms with van der Waals surface area (Å²) in [5, 5.41) is 8.59. The largest absolute Gasteiger partial charge is 0.481 e. The van der Waals surface area contributed by atoms with Crippen molar-refractivity contribution in [2.45, 2.75) is 19.3 Å². The van der Waals surface area contributed by atoms with Gasteiger partial charge in [0.15, 0.2) is 10.3 Å². The number of nitrogens with two attached hydrogens (primary N) is 1. The molecule has 0 spiro atoms. The van der Waals surface area contributed by atoms with E-state index in [-0.39, 0.29) is 12.4 Å². The number of halogens is 2. The molecule has 0 radical (unpaired) electrons. The first-order chi connectivity index (χ1) is 14.4. The molecule has 0 fully saturated rings. The highest BCUT2D eigenvalue weighted by atomic mass is 35.5. The molecule has 0 unspecified atom stereocenters. The Balaban J connectivity index is 0.000000244. The van der Waals surface area contributed by atoms with Crippen LogP contribution in [0.4, 0.5) is 11.6 Å². The van der Waals surface area contributed by atoms with Gasteiger partial charge in [-0.25, -0.2) is 9.97 Å². The van der Waals surface area contributed by atoms with Gasteiger partial charge in [-0.15, -0.1) is 23.2 Å². The molecule has 0 saturated heterocycles. The number of rotatable bonds is 9. The van der Waals surface area contributed by atoms with Crippen LogP contribution in [0, 0.1) is 4.64 Å². The van der Waals surface area contributed by atoms with Crippen molar-refractivity contribution >= 4 is 64.2 Å². The number of nitrogen functional groups attached to an aromatic ring is 1. The molecule has 30 heavy (non-hydrogen) atoms. The molecule has 0 aliphatic heterocycles. The number of carbonyl (C=O) groups is 1. The molecule has 0 saturated carbocycles. The lowest BCUT2D eigenvalue weighted by atomic mass is 10.1. The number of H-pyrrole nitrogens is 2. The molecule has 162 valence electrons. The van der Waals surface area contributed by atoms with Crippen molar-refractivity contribution in [3.8, 4) is 0 Å². The highest BCUT2D eigenvalue weighted by molar-refractivity contribution is 7.71. The fraction of sp³-hybridized carbons (Fsp3) is 0.368. The molecule has 3 aromatic rings. The molecule has 1 aromatic carbocycles. The molecule has 0 atom stereocenters. The number of fused-ring (bicyclic) bond motifs is 1. The van der Waals surface area contributed by atoms with Crippen molar-refractivity contribution in [1.82, 2.24) is 19.9 Å². The third kappa shape index (κ3) is 7.47. The summed E-state index contributed by atoms with van der Waals surface area (Å²) in [5.41, 5.74) is 9.01. The van der Waals surface area contributed by atoms with E-state index in [1.54, 1.807) is 0 Å². The Hall–Kier alpha value is -2.36. The highest BCUT2D eigenvalue weighted by Gasteiger charge is 2.05. The Bertz CT molecular complexity index is 987. The van der Waals surface area contributed by atoms with E-state index < -0.39 is 5.97 Å². The Morgan fingerprint density at radius 1 is 1.20 bits per heavy atom. The van der Waals surface area contributed by atoms with E-state index in [0.29, 0.717) is 34.0 Å². The van der Waals surface area contributed by atoms with Gasteiger partial charge in [-0.05, 0) is 30.5 Å². The third-order valence-electron chi connectivity index (χ3n) is 4.19. The average molecular weight is 471 g/mol. The van der Waals surface area contributed by atoms with E-state index in [1.165, 1.54) is 6.33 Å². The summed E-state index contributed by atoms with van der Waals surface area (Å²) in [4.78, 5) is 26.0. The zero-order valence-corrected chi connectivity index (χ0v) is 18.6. The number of carboxylic acids is 1. The summed E-state index contributed by atoms with van der Waals surface area (Å²) in [7, 11) is 0. The minimum Gasteiger partial charge on any atom is -0.481 e. The Morgan fingerprint density at radius 3 is 2.47 bits per heavy atom. The van der Waals surface area contributed by atoms with Gasteiger partial charge in [-0.3, -0.25) is 4.79 Å². The van der Waals surface area contributed by atoms with Gasteiger partial charge in [0.25, 0.3) is 0 Å². The van der Waals surface area contributed by atoms with Gasteiger partial charge in [0.05, 0.1) is 6.33 Å². The highest BCUT2D eigenvalue weighted by Crippen LogP contribution is 2.17. The number of nitrogens with zero attached hydrogens (tertiary/aromatic N) is 3. The van der Waals surface area contributed by atoms with Gasteiger partial charge in [-0.1, -0.05) is 24.4 Å². The van der Waals surface area contributed by atoms with Crippen molar-refractivity contribution < 1.29 is 9.90 Å². The smallest absolute Gasteiger partial charge is 0.303 e. The van der Waals surface area contributed by atoms with Crippen LogP contribution in [0.25, 0.3) is 11.2 Å². The molecule has 0 bridgehead atoms. The molecule has 8 nitrogen and oxygen atoms in total.